The van der Waals surface area contributed by atoms with Crippen LogP contribution >= 0.6 is 0 Å². The van der Waals surface area contributed by atoms with Crippen molar-refractivity contribution in [3.05, 3.63) is 72.8 Å². The molecule has 0 radical (unpaired) electrons. The molecule has 0 saturated carbocycles. The normalized spacial score (nSPS) is 12.4. The molecule has 146 valence electrons. The third-order valence-electron chi connectivity index (χ3n) is 5.08. The molecule has 5 aromatic rings. The van der Waals surface area contributed by atoms with Crippen molar-refractivity contribution in [1.82, 2.24) is 25.1 Å². The minimum Gasteiger partial charge on any atom is -0.404 e. The average molecular weight is 393 g/mol. The van der Waals surface area contributed by atoms with Gasteiger partial charge in [0.2, 0.25) is 0 Å². The summed E-state index contributed by atoms with van der Waals surface area (Å²) in [5, 5.41) is 9.70. The van der Waals surface area contributed by atoms with Gasteiger partial charge in [0.1, 0.15) is 5.69 Å². The smallest absolute Gasteiger partial charge is 0.116 e. The molecule has 4 aromatic heterocycles. The second kappa shape index (κ2) is 7.29. The van der Waals surface area contributed by atoms with Crippen LogP contribution in [-0.2, 0) is 0 Å². The number of nitrogens with one attached hydrogen (secondary N) is 2. The minimum atomic E-state index is 0.838. The molecule has 0 amide bonds. The molecule has 0 unspecified atom stereocenters. The molecule has 0 fully saturated rings. The largest absolute Gasteiger partial charge is 0.404 e. The number of H-pyrrole nitrogens is 2. The van der Waals surface area contributed by atoms with Gasteiger partial charge in [0, 0.05) is 65.5 Å². The van der Waals surface area contributed by atoms with Gasteiger partial charge < -0.3 is 10.7 Å². The van der Waals surface area contributed by atoms with Gasteiger partial charge in [0.25, 0.3) is 0 Å². The molecular formula is C23H19N7. The van der Waals surface area contributed by atoms with E-state index < -0.39 is 0 Å². The maximum atomic E-state index is 5.79. The molecule has 0 spiro atoms. The fraction of sp³-hybridized carbons (Fsp3) is 0.0435. The summed E-state index contributed by atoms with van der Waals surface area (Å²) in [5.74, 6) is 0. The number of hydrogen-bond donors (Lipinski definition) is 3. The molecule has 0 atom stereocenters. The van der Waals surface area contributed by atoms with Crippen LogP contribution in [-0.4, -0.2) is 38.4 Å². The van der Waals surface area contributed by atoms with Crippen molar-refractivity contribution in [2.45, 2.75) is 0 Å². The molecule has 30 heavy (non-hydrogen) atoms. The van der Waals surface area contributed by atoms with E-state index >= 15 is 0 Å². The van der Waals surface area contributed by atoms with E-state index in [0.29, 0.717) is 0 Å². The standard InChI is InChI=1S/C23H19N7/c1-25-12-16(11-24)14-4-5-20-17(9-14)23(30-29-20)21-10-18-19(28-21)6-8-27-22(18)15-3-2-7-26-13-15/h2-13,28H,24H2,1H3,(H,29,30). The topological polar surface area (TPSA) is 109 Å². The van der Waals surface area contributed by atoms with Gasteiger partial charge in [-0.05, 0) is 42.0 Å². The fourth-order valence-corrected chi connectivity index (χ4v) is 3.67. The number of allylic oxidation sites excluding steroid dienone is 1. The van der Waals surface area contributed by atoms with Gasteiger partial charge in [-0.25, -0.2) is 0 Å². The lowest BCUT2D eigenvalue weighted by molar-refractivity contribution is 1.12. The molecule has 4 N–H and O–H groups in total. The summed E-state index contributed by atoms with van der Waals surface area (Å²) >= 11 is 0. The fourth-order valence-electron chi connectivity index (χ4n) is 3.67. The van der Waals surface area contributed by atoms with Gasteiger partial charge >= 0.3 is 0 Å². The Kier molecular flexibility index (Phi) is 4.33. The van der Waals surface area contributed by atoms with E-state index in [-0.39, 0.29) is 0 Å². The van der Waals surface area contributed by atoms with Crippen molar-refractivity contribution in [1.29, 1.82) is 0 Å². The van der Waals surface area contributed by atoms with E-state index in [4.69, 9.17) is 5.73 Å². The van der Waals surface area contributed by atoms with E-state index in [1.165, 1.54) is 0 Å². The van der Waals surface area contributed by atoms with E-state index in [2.05, 4.69) is 42.3 Å². The molecular weight excluding hydrogens is 374 g/mol. The summed E-state index contributed by atoms with van der Waals surface area (Å²) in [7, 11) is 1.73. The third-order valence-corrected chi connectivity index (χ3v) is 5.08. The lowest BCUT2D eigenvalue weighted by atomic mass is 10.0. The summed E-state index contributed by atoms with van der Waals surface area (Å²) < 4.78 is 0. The molecule has 0 saturated heterocycles. The summed E-state index contributed by atoms with van der Waals surface area (Å²) in [4.78, 5) is 16.4. The molecule has 0 aliphatic rings. The minimum absolute atomic E-state index is 0.838. The van der Waals surface area contributed by atoms with E-state index in [9.17, 15) is 0 Å². The predicted octanol–water partition coefficient (Wildman–Crippen LogP) is 4.17. The zero-order valence-corrected chi connectivity index (χ0v) is 16.3. The summed E-state index contributed by atoms with van der Waals surface area (Å²) in [6, 6.07) is 14.0. The first-order valence-corrected chi connectivity index (χ1v) is 9.49. The Morgan fingerprint density at radius 1 is 1.03 bits per heavy atom. The second-order valence-electron chi connectivity index (χ2n) is 6.89. The Hall–Kier alpha value is -4.26. The number of fused-ring (bicyclic) bond motifs is 2. The van der Waals surface area contributed by atoms with Crippen molar-refractivity contribution >= 4 is 33.6 Å². The lowest BCUT2D eigenvalue weighted by Crippen LogP contribution is -1.91. The van der Waals surface area contributed by atoms with E-state index in [0.717, 1.165) is 55.6 Å². The number of pyridine rings is 2. The van der Waals surface area contributed by atoms with Crippen LogP contribution in [0.25, 0.3) is 50.0 Å². The molecule has 0 aliphatic carbocycles. The van der Waals surface area contributed by atoms with Crippen LogP contribution in [0.5, 0.6) is 0 Å². The van der Waals surface area contributed by atoms with Crippen LogP contribution in [0.3, 0.4) is 0 Å². The SMILES string of the molecule is CN=CC(=CN)c1ccc2[nH]nc(-c3cc4c(-c5cccnc5)nccc4[nH]3)c2c1. The van der Waals surface area contributed by atoms with Gasteiger partial charge in [0.05, 0.1) is 16.9 Å². The van der Waals surface area contributed by atoms with Crippen molar-refractivity contribution in [2.75, 3.05) is 7.05 Å². The highest BCUT2D eigenvalue weighted by Crippen LogP contribution is 2.33. The Balaban J connectivity index is 1.67. The molecule has 0 aliphatic heterocycles. The van der Waals surface area contributed by atoms with Crippen molar-refractivity contribution in [2.24, 2.45) is 10.7 Å². The highest BCUT2D eigenvalue weighted by molar-refractivity contribution is 6.11. The van der Waals surface area contributed by atoms with Gasteiger partial charge in [-0.1, -0.05) is 6.07 Å². The van der Waals surface area contributed by atoms with Crippen molar-refractivity contribution in [3.8, 4) is 22.6 Å². The van der Waals surface area contributed by atoms with E-state index in [1.54, 1.807) is 31.9 Å². The number of nitrogens with two attached hydrogens (primary N) is 1. The molecule has 0 bridgehead atoms. The molecule has 1 aromatic carbocycles. The summed E-state index contributed by atoms with van der Waals surface area (Å²) in [5.41, 5.74) is 13.2. The number of aromatic nitrogens is 5. The number of benzene rings is 1. The summed E-state index contributed by atoms with van der Waals surface area (Å²) in [6.07, 6.45) is 8.68. The van der Waals surface area contributed by atoms with Crippen LogP contribution in [0, 0.1) is 0 Å². The van der Waals surface area contributed by atoms with E-state index in [1.807, 2.05) is 36.5 Å². The maximum absolute atomic E-state index is 5.79. The Labute approximate surface area is 172 Å². The van der Waals surface area contributed by atoms with Gasteiger partial charge in [-0.15, -0.1) is 0 Å². The zero-order valence-electron chi connectivity index (χ0n) is 16.3. The van der Waals surface area contributed by atoms with Crippen molar-refractivity contribution < 1.29 is 0 Å². The molecule has 7 nitrogen and oxygen atoms in total. The highest BCUT2D eigenvalue weighted by Gasteiger charge is 2.15. The van der Waals surface area contributed by atoms with Crippen LogP contribution in [0.2, 0.25) is 0 Å². The maximum Gasteiger partial charge on any atom is 0.116 e. The molecule has 4 heterocycles. The summed E-state index contributed by atoms with van der Waals surface area (Å²) in [6.45, 7) is 0. The van der Waals surface area contributed by atoms with Gasteiger partial charge in [-0.2, -0.15) is 5.10 Å². The number of aliphatic imine (C=N–C) groups is 1. The monoisotopic (exact) mass is 393 g/mol. The predicted molar refractivity (Wildman–Crippen MR) is 121 cm³/mol. The average Bonchev–Trinajstić information content (AvgIpc) is 3.41. The Morgan fingerprint density at radius 3 is 2.73 bits per heavy atom. The third kappa shape index (κ3) is 2.93. The highest BCUT2D eigenvalue weighted by atomic mass is 15.1. The first-order chi connectivity index (χ1) is 14.8. The first kappa shape index (κ1) is 17.8. The van der Waals surface area contributed by atoms with Crippen LogP contribution < -0.4 is 5.73 Å². The first-order valence-electron chi connectivity index (χ1n) is 9.49. The van der Waals surface area contributed by atoms with Crippen LogP contribution in [0.4, 0.5) is 0 Å². The molecule has 5 rings (SSSR count). The Morgan fingerprint density at radius 2 is 1.93 bits per heavy atom. The Bertz CT molecular complexity index is 1410. The number of nitrogens with zero attached hydrogens (tertiary/aromatic N) is 4. The zero-order chi connectivity index (χ0) is 20.5. The second-order valence-corrected chi connectivity index (χ2v) is 6.89. The number of hydrogen-bond acceptors (Lipinski definition) is 5. The quantitative estimate of drug-likeness (QED) is 0.398. The van der Waals surface area contributed by atoms with Crippen LogP contribution in [0.1, 0.15) is 5.56 Å². The lowest BCUT2D eigenvalue weighted by Gasteiger charge is -2.02. The number of rotatable bonds is 4. The molecule has 7 heteroatoms. The van der Waals surface area contributed by atoms with Gasteiger partial charge in [0.15, 0.2) is 0 Å². The van der Waals surface area contributed by atoms with Crippen LogP contribution in [0.15, 0.2) is 72.2 Å². The van der Waals surface area contributed by atoms with Crippen molar-refractivity contribution in [3.63, 3.8) is 0 Å². The van der Waals surface area contributed by atoms with Gasteiger partial charge in [-0.3, -0.25) is 20.1 Å². The number of aromatic amines is 2.